The lowest BCUT2D eigenvalue weighted by atomic mass is 10.1. The zero-order chi connectivity index (χ0) is 19.4. The molecule has 0 saturated heterocycles. The van der Waals surface area contributed by atoms with Gasteiger partial charge in [0.1, 0.15) is 0 Å². The Morgan fingerprint density at radius 3 is 2.63 bits per heavy atom. The van der Waals surface area contributed by atoms with Gasteiger partial charge in [-0.1, -0.05) is 30.3 Å². The van der Waals surface area contributed by atoms with Crippen molar-refractivity contribution >= 4 is 17.4 Å². The summed E-state index contributed by atoms with van der Waals surface area (Å²) in [7, 11) is 0. The third kappa shape index (κ3) is 4.87. The molecule has 5 nitrogen and oxygen atoms in total. The fourth-order valence-corrected chi connectivity index (χ4v) is 2.55. The number of amides is 2. The molecule has 3 aromatic rings. The van der Waals surface area contributed by atoms with Gasteiger partial charge in [0, 0.05) is 11.9 Å². The lowest BCUT2D eigenvalue weighted by Crippen LogP contribution is -2.19. The molecule has 0 fully saturated rings. The van der Waals surface area contributed by atoms with Gasteiger partial charge < -0.3 is 10.6 Å². The van der Waals surface area contributed by atoms with Crippen LogP contribution in [0, 0.1) is 6.92 Å². The van der Waals surface area contributed by atoms with Crippen molar-refractivity contribution in [3.8, 4) is 0 Å². The monoisotopic (exact) mass is 374 g/mol. The smallest absolute Gasteiger partial charge is 0.307 e. The molecule has 1 heterocycles. The lowest BCUT2D eigenvalue weighted by molar-refractivity contribution is -0.137. The summed E-state index contributed by atoms with van der Waals surface area (Å²) < 4.78 is 39.8. The van der Waals surface area contributed by atoms with E-state index in [-0.39, 0.29) is 6.54 Å². The number of aromatic nitrogens is 2. The number of anilines is 2. The van der Waals surface area contributed by atoms with Crippen molar-refractivity contribution in [3.63, 3.8) is 0 Å². The first-order valence-corrected chi connectivity index (χ1v) is 8.13. The van der Waals surface area contributed by atoms with Gasteiger partial charge in [0.2, 0.25) is 0 Å². The molecular formula is C19H17F3N4O. The zero-order valence-corrected chi connectivity index (χ0v) is 14.4. The maximum absolute atomic E-state index is 12.8. The molecule has 0 spiro atoms. The molecule has 2 N–H and O–H groups in total. The van der Waals surface area contributed by atoms with Gasteiger partial charge in [0.05, 0.1) is 24.0 Å². The second-order valence-electron chi connectivity index (χ2n) is 6.02. The highest BCUT2D eigenvalue weighted by Gasteiger charge is 2.30. The molecule has 27 heavy (non-hydrogen) atoms. The number of hydrogen-bond acceptors (Lipinski definition) is 2. The van der Waals surface area contributed by atoms with E-state index in [1.807, 2.05) is 25.1 Å². The summed E-state index contributed by atoms with van der Waals surface area (Å²) in [6.07, 6.45) is -1.40. The molecule has 140 valence electrons. The largest absolute Gasteiger partial charge is 0.416 e. The van der Waals surface area contributed by atoms with Crippen molar-refractivity contribution in [1.82, 2.24) is 9.78 Å². The number of alkyl halides is 3. The highest BCUT2D eigenvalue weighted by Crippen LogP contribution is 2.29. The van der Waals surface area contributed by atoms with E-state index < -0.39 is 17.8 Å². The minimum Gasteiger partial charge on any atom is -0.307 e. The Morgan fingerprint density at radius 1 is 1.11 bits per heavy atom. The number of nitrogens with zero attached hydrogens (tertiary/aromatic N) is 2. The summed E-state index contributed by atoms with van der Waals surface area (Å²) in [6.45, 7) is 2.04. The molecule has 2 aromatic carbocycles. The van der Waals surface area contributed by atoms with Crippen LogP contribution in [-0.4, -0.2) is 15.8 Å². The van der Waals surface area contributed by atoms with Crippen molar-refractivity contribution < 1.29 is 18.0 Å². The number of aryl methyl sites for hydroxylation is 1. The Labute approximate surface area is 153 Å². The third-order valence-corrected chi connectivity index (χ3v) is 3.88. The maximum atomic E-state index is 12.8. The Hall–Kier alpha value is -3.29. The Bertz CT molecular complexity index is 950. The van der Waals surface area contributed by atoms with Crippen LogP contribution < -0.4 is 10.6 Å². The fraction of sp³-hybridized carbons (Fsp3) is 0.158. The summed E-state index contributed by atoms with van der Waals surface area (Å²) >= 11 is 0. The highest BCUT2D eigenvalue weighted by atomic mass is 19.4. The van der Waals surface area contributed by atoms with Gasteiger partial charge in [-0.3, -0.25) is 4.68 Å². The molecule has 0 saturated carbocycles. The number of hydrogen-bond donors (Lipinski definition) is 2. The topological polar surface area (TPSA) is 59.0 Å². The molecule has 0 aliphatic carbocycles. The average molecular weight is 374 g/mol. The standard InChI is InChI=1S/C19H17F3N4O/c1-13-5-2-3-8-17(13)25-18(27)24-16-10-23-26(12-16)11-14-6-4-7-15(9-14)19(20,21)22/h2-10,12H,11H2,1H3,(H2,24,25,27). The van der Waals surface area contributed by atoms with Gasteiger partial charge in [0.15, 0.2) is 0 Å². The summed E-state index contributed by atoms with van der Waals surface area (Å²) in [5.41, 5.74) is 1.80. The van der Waals surface area contributed by atoms with Crippen LogP contribution in [0.25, 0.3) is 0 Å². The van der Waals surface area contributed by atoms with Gasteiger partial charge >= 0.3 is 12.2 Å². The van der Waals surface area contributed by atoms with E-state index in [1.165, 1.54) is 16.9 Å². The maximum Gasteiger partial charge on any atom is 0.416 e. The molecular weight excluding hydrogens is 357 g/mol. The molecule has 0 bridgehead atoms. The van der Waals surface area contributed by atoms with Crippen LogP contribution >= 0.6 is 0 Å². The lowest BCUT2D eigenvalue weighted by Gasteiger charge is -2.09. The summed E-state index contributed by atoms with van der Waals surface area (Å²) in [6, 6.07) is 12.0. The van der Waals surface area contributed by atoms with E-state index in [2.05, 4.69) is 15.7 Å². The van der Waals surface area contributed by atoms with Crippen molar-refractivity contribution in [2.75, 3.05) is 10.6 Å². The number of halogens is 3. The van der Waals surface area contributed by atoms with Crippen LogP contribution in [-0.2, 0) is 12.7 Å². The quantitative estimate of drug-likeness (QED) is 0.682. The van der Waals surface area contributed by atoms with Crippen molar-refractivity contribution in [2.45, 2.75) is 19.6 Å². The SMILES string of the molecule is Cc1ccccc1NC(=O)Nc1cnn(Cc2cccc(C(F)(F)F)c2)c1. The van der Waals surface area contributed by atoms with E-state index in [9.17, 15) is 18.0 Å². The highest BCUT2D eigenvalue weighted by molar-refractivity contribution is 6.00. The molecule has 3 rings (SSSR count). The first kappa shape index (κ1) is 18.5. The molecule has 0 aliphatic rings. The summed E-state index contributed by atoms with van der Waals surface area (Å²) in [5.74, 6) is 0. The molecule has 0 radical (unpaired) electrons. The van der Waals surface area contributed by atoms with Crippen LogP contribution in [0.1, 0.15) is 16.7 Å². The van der Waals surface area contributed by atoms with Crippen LogP contribution in [0.15, 0.2) is 60.9 Å². The van der Waals surface area contributed by atoms with Gasteiger partial charge in [-0.2, -0.15) is 18.3 Å². The normalized spacial score (nSPS) is 11.3. The number of carbonyl (C=O) groups is 1. The Balaban J connectivity index is 1.63. The summed E-state index contributed by atoms with van der Waals surface area (Å²) in [5, 5.41) is 9.45. The van der Waals surface area contributed by atoms with E-state index >= 15 is 0 Å². The number of urea groups is 1. The third-order valence-electron chi connectivity index (χ3n) is 3.88. The second-order valence-corrected chi connectivity index (χ2v) is 6.02. The first-order chi connectivity index (χ1) is 12.8. The number of benzene rings is 2. The molecule has 0 unspecified atom stereocenters. The van der Waals surface area contributed by atoms with Gasteiger partial charge in [-0.05, 0) is 36.2 Å². The molecule has 2 amide bonds. The number of carbonyl (C=O) groups excluding carboxylic acids is 1. The van der Waals surface area contributed by atoms with Crippen molar-refractivity contribution in [2.24, 2.45) is 0 Å². The first-order valence-electron chi connectivity index (χ1n) is 8.13. The van der Waals surface area contributed by atoms with Crippen LogP contribution in [0.5, 0.6) is 0 Å². The number of nitrogens with one attached hydrogen (secondary N) is 2. The Kier molecular flexibility index (Phi) is 5.16. The van der Waals surface area contributed by atoms with Crippen molar-refractivity contribution in [1.29, 1.82) is 0 Å². The number of rotatable bonds is 4. The van der Waals surface area contributed by atoms with E-state index in [4.69, 9.17) is 0 Å². The van der Waals surface area contributed by atoms with Crippen LogP contribution in [0.2, 0.25) is 0 Å². The predicted molar refractivity (Wildman–Crippen MR) is 96.6 cm³/mol. The van der Waals surface area contributed by atoms with Gasteiger partial charge in [-0.25, -0.2) is 4.79 Å². The Morgan fingerprint density at radius 2 is 1.89 bits per heavy atom. The second kappa shape index (κ2) is 7.53. The predicted octanol–water partition coefficient (Wildman–Crippen LogP) is 4.90. The van der Waals surface area contributed by atoms with Gasteiger partial charge in [-0.15, -0.1) is 0 Å². The zero-order valence-electron chi connectivity index (χ0n) is 14.4. The van der Waals surface area contributed by atoms with Crippen molar-refractivity contribution in [3.05, 3.63) is 77.6 Å². The molecule has 1 aromatic heterocycles. The van der Waals surface area contributed by atoms with Crippen LogP contribution in [0.3, 0.4) is 0 Å². The van der Waals surface area contributed by atoms with E-state index in [0.29, 0.717) is 16.9 Å². The minimum absolute atomic E-state index is 0.158. The summed E-state index contributed by atoms with van der Waals surface area (Å²) in [4.78, 5) is 12.1. The molecule has 0 atom stereocenters. The van der Waals surface area contributed by atoms with Gasteiger partial charge in [0.25, 0.3) is 0 Å². The number of para-hydroxylation sites is 1. The average Bonchev–Trinajstić information content (AvgIpc) is 3.03. The molecule has 0 aliphatic heterocycles. The van der Waals surface area contributed by atoms with E-state index in [0.717, 1.165) is 17.7 Å². The molecule has 8 heteroatoms. The van der Waals surface area contributed by atoms with E-state index in [1.54, 1.807) is 18.3 Å². The van der Waals surface area contributed by atoms with Crippen LogP contribution in [0.4, 0.5) is 29.3 Å². The fourth-order valence-electron chi connectivity index (χ4n) is 2.55. The minimum atomic E-state index is -4.39.